The molecule has 6 aromatic rings. The van der Waals surface area contributed by atoms with Gasteiger partial charge >= 0.3 is 5.97 Å². The molecule has 0 saturated carbocycles. The maximum absolute atomic E-state index is 13.4. The number of amides is 1. The Bertz CT molecular complexity index is 2700. The fourth-order valence-electron chi connectivity index (χ4n) is 9.24. The topological polar surface area (TPSA) is 174 Å². The monoisotopic (exact) mass is 879 g/mol. The van der Waals surface area contributed by atoms with Crippen LogP contribution < -0.4 is 24.7 Å². The minimum Gasteiger partial charge on any atom is -0.484 e. The summed E-state index contributed by atoms with van der Waals surface area (Å²) >= 11 is 0. The van der Waals surface area contributed by atoms with Gasteiger partial charge in [-0.3, -0.25) is 14.6 Å². The fraction of sp³-hybridized carbons (Fsp3) is 0.388. The molecule has 0 aliphatic carbocycles. The van der Waals surface area contributed by atoms with Crippen LogP contribution in [0.25, 0.3) is 0 Å². The average molecular weight is 880 g/mol. The van der Waals surface area contributed by atoms with Gasteiger partial charge in [-0.05, 0) is 71.7 Å². The lowest BCUT2D eigenvalue weighted by Gasteiger charge is -2.29. The minimum atomic E-state index is -0.507. The van der Waals surface area contributed by atoms with E-state index in [1.807, 2.05) is 42.0 Å². The van der Waals surface area contributed by atoms with Crippen molar-refractivity contribution in [3.63, 3.8) is 0 Å². The Balaban J connectivity index is 0.689. The molecule has 65 heavy (non-hydrogen) atoms. The molecule has 1 amide bonds. The third kappa shape index (κ3) is 9.54. The largest absolute Gasteiger partial charge is 0.484 e. The molecule has 8 heterocycles. The zero-order valence-corrected chi connectivity index (χ0v) is 36.9. The average Bonchev–Trinajstić information content (AvgIpc) is 3.94. The van der Waals surface area contributed by atoms with Crippen LogP contribution in [0.5, 0.6) is 23.3 Å². The molecule has 0 fully saturated rings. The number of primary amides is 1. The predicted molar refractivity (Wildman–Crippen MR) is 237 cm³/mol. The van der Waals surface area contributed by atoms with E-state index in [1.54, 1.807) is 12.4 Å². The van der Waals surface area contributed by atoms with Gasteiger partial charge in [0.1, 0.15) is 30.6 Å². The van der Waals surface area contributed by atoms with E-state index < -0.39 is 11.9 Å². The Labute approximate surface area is 377 Å². The molecule has 4 aromatic heterocycles. The summed E-state index contributed by atoms with van der Waals surface area (Å²) in [5, 5.41) is 0. The van der Waals surface area contributed by atoms with Crippen LogP contribution in [0.3, 0.4) is 0 Å². The van der Waals surface area contributed by atoms with Crippen molar-refractivity contribution in [3.05, 3.63) is 142 Å². The number of ether oxygens (including phenoxy) is 5. The van der Waals surface area contributed by atoms with Gasteiger partial charge in [0.05, 0.1) is 19.2 Å². The number of fused-ring (bicyclic) bond motifs is 4. The molecule has 16 heteroatoms. The number of carbonyl (C=O) groups is 2. The van der Waals surface area contributed by atoms with Gasteiger partial charge in [0.25, 0.3) is 17.7 Å². The normalized spacial score (nSPS) is 18.6. The molecule has 10 rings (SSSR count). The van der Waals surface area contributed by atoms with Crippen molar-refractivity contribution >= 4 is 11.9 Å². The molecule has 16 nitrogen and oxygen atoms in total. The number of nitrogens with two attached hydrogens (primary N) is 1. The van der Waals surface area contributed by atoms with Crippen LogP contribution >= 0.6 is 0 Å². The number of imidazole rings is 2. The summed E-state index contributed by atoms with van der Waals surface area (Å²) in [6.45, 7) is 13.1. The first-order chi connectivity index (χ1) is 31.5. The van der Waals surface area contributed by atoms with Crippen LogP contribution in [-0.2, 0) is 50.4 Å². The predicted octanol–water partition coefficient (Wildman–Crippen LogP) is 6.23. The fourth-order valence-corrected chi connectivity index (χ4v) is 9.24. The third-order valence-corrected chi connectivity index (χ3v) is 12.5. The van der Waals surface area contributed by atoms with Crippen LogP contribution in [0, 0.1) is 5.41 Å². The summed E-state index contributed by atoms with van der Waals surface area (Å²) in [5.41, 5.74) is 11.1. The van der Waals surface area contributed by atoms with Gasteiger partial charge in [0.15, 0.2) is 29.4 Å². The molecule has 0 saturated heterocycles. The second kappa shape index (κ2) is 17.7. The number of pyridine rings is 2. The first-order valence-corrected chi connectivity index (χ1v) is 22.3. The third-order valence-electron chi connectivity index (χ3n) is 12.5. The Morgan fingerprint density at radius 1 is 0.738 bits per heavy atom. The highest BCUT2D eigenvalue weighted by molar-refractivity contribution is 5.90. The molecule has 1 unspecified atom stereocenters. The lowest BCUT2D eigenvalue weighted by atomic mass is 9.82. The van der Waals surface area contributed by atoms with Crippen molar-refractivity contribution in [1.82, 2.24) is 38.9 Å². The number of aromatic nitrogens is 6. The van der Waals surface area contributed by atoms with E-state index in [9.17, 15) is 9.59 Å². The molecular formula is C49H53N9O7. The number of esters is 1. The van der Waals surface area contributed by atoms with E-state index in [4.69, 9.17) is 39.4 Å². The van der Waals surface area contributed by atoms with Crippen LogP contribution in [0.2, 0.25) is 0 Å². The van der Waals surface area contributed by atoms with Gasteiger partial charge in [-0.25, -0.2) is 24.7 Å². The lowest BCUT2D eigenvalue weighted by molar-refractivity contribution is 0.0232. The van der Waals surface area contributed by atoms with Crippen molar-refractivity contribution in [2.24, 2.45) is 11.1 Å². The van der Waals surface area contributed by atoms with Gasteiger partial charge in [-0.15, -0.1) is 0 Å². The van der Waals surface area contributed by atoms with Crippen LogP contribution in [0.4, 0.5) is 0 Å². The zero-order chi connectivity index (χ0) is 44.7. The van der Waals surface area contributed by atoms with E-state index in [2.05, 4.69) is 86.7 Å². The number of benzene rings is 2. The summed E-state index contributed by atoms with van der Waals surface area (Å²) in [4.78, 5) is 47.9. The van der Waals surface area contributed by atoms with Crippen molar-refractivity contribution < 1.29 is 33.3 Å². The smallest absolute Gasteiger partial charge is 0.358 e. The Kier molecular flexibility index (Phi) is 11.5. The summed E-state index contributed by atoms with van der Waals surface area (Å²) < 4.78 is 34.5. The van der Waals surface area contributed by atoms with Crippen molar-refractivity contribution in [1.29, 1.82) is 0 Å². The summed E-state index contributed by atoms with van der Waals surface area (Å²) in [6.07, 6.45) is 5.68. The minimum absolute atomic E-state index is 0.210. The number of hydrogen-bond acceptors (Lipinski definition) is 13. The summed E-state index contributed by atoms with van der Waals surface area (Å²) in [7, 11) is 0. The number of hydrogen-bond donors (Lipinski definition) is 1. The molecule has 2 N–H and O–H groups in total. The molecule has 2 aromatic carbocycles. The lowest BCUT2D eigenvalue weighted by Crippen LogP contribution is -2.33. The van der Waals surface area contributed by atoms with E-state index >= 15 is 0 Å². The van der Waals surface area contributed by atoms with Gasteiger partial charge in [0, 0.05) is 63.6 Å². The van der Waals surface area contributed by atoms with Crippen LogP contribution in [-0.4, -0.2) is 83.2 Å². The second-order valence-electron chi connectivity index (χ2n) is 18.2. The van der Waals surface area contributed by atoms with Crippen molar-refractivity contribution in [2.45, 2.75) is 91.2 Å². The molecule has 0 bridgehead atoms. The highest BCUT2D eigenvalue weighted by atomic mass is 16.6. The van der Waals surface area contributed by atoms with E-state index in [-0.39, 0.29) is 23.7 Å². The van der Waals surface area contributed by atoms with Crippen LogP contribution in [0.1, 0.15) is 100.0 Å². The van der Waals surface area contributed by atoms with Gasteiger partial charge in [0.2, 0.25) is 0 Å². The first kappa shape index (κ1) is 42.2. The molecule has 0 radical (unpaired) electrons. The number of nitrogens with zero attached hydrogens (tertiary/aromatic N) is 8. The summed E-state index contributed by atoms with van der Waals surface area (Å²) in [6, 6.07) is 24.4. The molecular weight excluding hydrogens is 827 g/mol. The maximum Gasteiger partial charge on any atom is 0.358 e. The van der Waals surface area contributed by atoms with Crippen LogP contribution in [0.15, 0.2) is 91.4 Å². The van der Waals surface area contributed by atoms with E-state index in [1.165, 1.54) is 11.1 Å². The van der Waals surface area contributed by atoms with Gasteiger partial charge in [-0.2, -0.15) is 0 Å². The van der Waals surface area contributed by atoms with Crippen molar-refractivity contribution in [3.8, 4) is 23.3 Å². The Morgan fingerprint density at radius 3 is 1.92 bits per heavy atom. The quantitative estimate of drug-likeness (QED) is 0.130. The highest BCUT2D eigenvalue weighted by Gasteiger charge is 2.30. The maximum atomic E-state index is 13.4. The van der Waals surface area contributed by atoms with E-state index in [0.29, 0.717) is 73.8 Å². The zero-order valence-electron chi connectivity index (χ0n) is 36.9. The first-order valence-electron chi connectivity index (χ1n) is 22.3. The number of carbonyl (C=O) groups excluding carboxylic acids is 2. The second-order valence-corrected chi connectivity index (χ2v) is 18.2. The highest BCUT2D eigenvalue weighted by Crippen LogP contribution is 2.38. The van der Waals surface area contributed by atoms with Crippen molar-refractivity contribution in [2.75, 3.05) is 26.3 Å². The molecule has 0 spiro atoms. The van der Waals surface area contributed by atoms with Gasteiger partial charge < -0.3 is 38.6 Å². The molecule has 3 atom stereocenters. The number of rotatable bonds is 13. The molecule has 4 aliphatic rings. The van der Waals surface area contributed by atoms with Gasteiger partial charge in [-0.1, -0.05) is 62.4 Å². The standard InChI is InChI=1S/C49H53N9O7/c1-31(63-48(60)38-26-58-20-18-56(28-44(58)54-38)24-32-6-10-34(11-7-32)41-29-61-39-5-4-16-51-46(39)64-41)21-49(2,3)22-36-14-15-40-47(52-36)65-42(30-62-40)35-12-8-33(9-13-35)23-55-17-19-57-25-37(45(50)59)53-43(57)27-55/h4-16,25-26,31,41-42H,17-24,27-30H2,1-3H3,(H2,50,59)/t31?,41-,42-/m1/s1. The molecule has 4 aliphatic heterocycles. The summed E-state index contributed by atoms with van der Waals surface area (Å²) in [5.74, 6) is 3.06. The Morgan fingerprint density at radius 2 is 1.31 bits per heavy atom. The Hall–Kier alpha value is -6.78. The molecule has 336 valence electrons. The SMILES string of the molecule is CC(CC(C)(C)Cc1ccc2c(n1)O[C@@H](c1ccc(CN3CCn4cc(C(N)=O)nc4C3)cc1)CO2)OC(=O)c1cn2c(n1)CN(Cc1ccc([C@H]3COc4cccnc4O3)cc1)CC2. The van der Waals surface area contributed by atoms with E-state index in [0.717, 1.165) is 67.7 Å².